The van der Waals surface area contributed by atoms with Gasteiger partial charge in [-0.05, 0) is 37.1 Å². The van der Waals surface area contributed by atoms with Crippen molar-refractivity contribution < 1.29 is 9.50 Å². The van der Waals surface area contributed by atoms with Gasteiger partial charge < -0.3 is 10.0 Å². The van der Waals surface area contributed by atoms with Gasteiger partial charge in [-0.15, -0.1) is 0 Å². The molecule has 1 aliphatic heterocycles. The second-order valence-corrected chi connectivity index (χ2v) is 4.88. The minimum Gasteiger partial charge on any atom is -0.389 e. The highest BCUT2D eigenvalue weighted by Crippen LogP contribution is 2.38. The molecule has 3 rings (SSSR count). The Morgan fingerprint density at radius 3 is 2.63 bits per heavy atom. The predicted molar refractivity (Wildman–Crippen MR) is 74.2 cm³/mol. The number of hydrogen-bond donors (Lipinski definition) is 1. The van der Waals surface area contributed by atoms with E-state index in [0.717, 1.165) is 24.3 Å². The molecule has 1 aliphatic rings. The van der Waals surface area contributed by atoms with Gasteiger partial charge in [-0.2, -0.15) is 0 Å². The number of nitrogens with zero attached hydrogens (tertiary/aromatic N) is 1. The molecule has 19 heavy (non-hydrogen) atoms. The van der Waals surface area contributed by atoms with Crippen molar-refractivity contribution in [2.24, 2.45) is 0 Å². The average molecular weight is 257 g/mol. The molecule has 0 unspecified atom stereocenters. The minimum absolute atomic E-state index is 0.350. The van der Waals surface area contributed by atoms with Gasteiger partial charge in [0.1, 0.15) is 5.82 Å². The first kappa shape index (κ1) is 12.2. The summed E-state index contributed by atoms with van der Waals surface area (Å²) in [5.74, 6) is -0.350. The van der Waals surface area contributed by atoms with Gasteiger partial charge in [0.15, 0.2) is 0 Å². The number of rotatable bonds is 2. The zero-order chi connectivity index (χ0) is 13.4. The van der Waals surface area contributed by atoms with Crippen molar-refractivity contribution in [2.75, 3.05) is 11.4 Å². The number of halogens is 1. The van der Waals surface area contributed by atoms with Gasteiger partial charge in [-0.1, -0.05) is 24.3 Å². The van der Waals surface area contributed by atoms with Crippen LogP contribution < -0.4 is 4.90 Å². The molecule has 2 aromatic rings. The van der Waals surface area contributed by atoms with Crippen LogP contribution in [0.3, 0.4) is 0 Å². The average Bonchev–Trinajstić information content (AvgIpc) is 2.81. The lowest BCUT2D eigenvalue weighted by molar-refractivity contribution is 0.194. The SMILES string of the molecule is C[C@H](O)c1c(F)cccc1N1CCc2ccccc21. The molecule has 3 heteroatoms. The highest BCUT2D eigenvalue weighted by molar-refractivity contribution is 5.72. The Bertz CT molecular complexity index is 609. The van der Waals surface area contributed by atoms with E-state index >= 15 is 0 Å². The number of aliphatic hydroxyl groups is 1. The maximum Gasteiger partial charge on any atom is 0.131 e. The van der Waals surface area contributed by atoms with Gasteiger partial charge in [-0.3, -0.25) is 0 Å². The van der Waals surface area contributed by atoms with Crippen LogP contribution in [-0.2, 0) is 6.42 Å². The lowest BCUT2D eigenvalue weighted by Gasteiger charge is -2.24. The van der Waals surface area contributed by atoms with Crippen LogP contribution in [0.5, 0.6) is 0 Å². The summed E-state index contributed by atoms with van der Waals surface area (Å²) in [6, 6.07) is 13.1. The molecule has 0 bridgehead atoms. The molecule has 2 nitrogen and oxygen atoms in total. The maximum absolute atomic E-state index is 13.9. The first-order valence-electron chi connectivity index (χ1n) is 6.50. The molecule has 2 aromatic carbocycles. The summed E-state index contributed by atoms with van der Waals surface area (Å²) in [5.41, 5.74) is 3.51. The third-order valence-corrected chi connectivity index (χ3v) is 3.63. The van der Waals surface area contributed by atoms with Crippen LogP contribution in [-0.4, -0.2) is 11.7 Å². The Labute approximate surface area is 112 Å². The summed E-state index contributed by atoms with van der Waals surface area (Å²) >= 11 is 0. The fourth-order valence-electron chi connectivity index (χ4n) is 2.76. The fraction of sp³-hybridized carbons (Fsp3) is 0.250. The first-order chi connectivity index (χ1) is 9.18. The summed E-state index contributed by atoms with van der Waals surface area (Å²) in [6.45, 7) is 2.42. The van der Waals surface area contributed by atoms with Crippen molar-refractivity contribution in [2.45, 2.75) is 19.4 Å². The smallest absolute Gasteiger partial charge is 0.131 e. The molecule has 0 amide bonds. The predicted octanol–water partition coefficient (Wildman–Crippen LogP) is 3.57. The largest absolute Gasteiger partial charge is 0.389 e. The summed E-state index contributed by atoms with van der Waals surface area (Å²) in [6.07, 6.45) is 0.135. The van der Waals surface area contributed by atoms with Crippen LogP contribution in [0.4, 0.5) is 15.8 Å². The number of para-hydroxylation sites is 1. The van der Waals surface area contributed by atoms with Crippen molar-refractivity contribution in [1.82, 2.24) is 0 Å². The van der Waals surface area contributed by atoms with Crippen LogP contribution in [0.15, 0.2) is 42.5 Å². The number of hydrogen-bond acceptors (Lipinski definition) is 2. The zero-order valence-electron chi connectivity index (χ0n) is 10.8. The van der Waals surface area contributed by atoms with Crippen molar-refractivity contribution in [3.05, 3.63) is 59.4 Å². The van der Waals surface area contributed by atoms with Gasteiger partial charge in [0.05, 0.1) is 6.10 Å². The first-order valence-corrected chi connectivity index (χ1v) is 6.50. The second kappa shape index (κ2) is 4.67. The third-order valence-electron chi connectivity index (χ3n) is 3.63. The van der Waals surface area contributed by atoms with E-state index in [-0.39, 0.29) is 5.82 Å². The molecule has 1 heterocycles. The molecule has 0 fully saturated rings. The van der Waals surface area contributed by atoms with Crippen LogP contribution in [0, 0.1) is 5.82 Å². The number of aliphatic hydroxyl groups excluding tert-OH is 1. The number of anilines is 2. The molecule has 1 N–H and O–H groups in total. The standard InChI is InChI=1S/C16H16FNO/c1-11(19)16-13(17)6-4-8-15(16)18-10-9-12-5-2-3-7-14(12)18/h2-8,11,19H,9-10H2,1H3/t11-/m0/s1. The molecule has 0 saturated heterocycles. The second-order valence-electron chi connectivity index (χ2n) is 4.88. The van der Waals surface area contributed by atoms with Crippen LogP contribution >= 0.6 is 0 Å². The molecular formula is C16H16FNO. The highest BCUT2D eigenvalue weighted by Gasteiger charge is 2.24. The highest BCUT2D eigenvalue weighted by atomic mass is 19.1. The third kappa shape index (κ3) is 2.00. The van der Waals surface area contributed by atoms with Crippen molar-refractivity contribution >= 4 is 11.4 Å². The summed E-state index contributed by atoms with van der Waals surface area (Å²) < 4.78 is 13.9. The van der Waals surface area contributed by atoms with Gasteiger partial charge in [0, 0.05) is 23.5 Å². The molecule has 0 spiro atoms. The van der Waals surface area contributed by atoms with Crippen molar-refractivity contribution in [3.8, 4) is 0 Å². The Hall–Kier alpha value is -1.87. The Kier molecular flexibility index (Phi) is 2.99. The van der Waals surface area contributed by atoms with E-state index in [1.807, 2.05) is 24.3 Å². The zero-order valence-corrected chi connectivity index (χ0v) is 10.8. The Morgan fingerprint density at radius 2 is 1.84 bits per heavy atom. The van der Waals surface area contributed by atoms with E-state index in [9.17, 15) is 9.50 Å². The lowest BCUT2D eigenvalue weighted by Crippen LogP contribution is -2.16. The summed E-state index contributed by atoms with van der Waals surface area (Å²) in [5, 5.41) is 9.83. The molecular weight excluding hydrogens is 241 g/mol. The van der Waals surface area contributed by atoms with Gasteiger partial charge in [0.2, 0.25) is 0 Å². The van der Waals surface area contributed by atoms with Crippen LogP contribution in [0.25, 0.3) is 0 Å². The minimum atomic E-state index is -0.816. The Morgan fingerprint density at radius 1 is 1.11 bits per heavy atom. The van der Waals surface area contributed by atoms with Crippen LogP contribution in [0.1, 0.15) is 24.2 Å². The van der Waals surface area contributed by atoms with Crippen LogP contribution in [0.2, 0.25) is 0 Å². The molecule has 0 aliphatic carbocycles. The van der Waals surface area contributed by atoms with E-state index in [4.69, 9.17) is 0 Å². The van der Waals surface area contributed by atoms with Gasteiger partial charge in [0.25, 0.3) is 0 Å². The summed E-state index contributed by atoms with van der Waals surface area (Å²) in [7, 11) is 0. The van der Waals surface area contributed by atoms with Crippen molar-refractivity contribution in [3.63, 3.8) is 0 Å². The van der Waals surface area contributed by atoms with E-state index in [2.05, 4.69) is 11.0 Å². The normalized spacial score (nSPS) is 15.4. The molecule has 98 valence electrons. The van der Waals surface area contributed by atoms with E-state index in [0.29, 0.717) is 5.56 Å². The van der Waals surface area contributed by atoms with E-state index < -0.39 is 6.10 Å². The molecule has 0 aromatic heterocycles. The lowest BCUT2D eigenvalue weighted by atomic mass is 10.1. The van der Waals surface area contributed by atoms with E-state index in [1.165, 1.54) is 11.6 Å². The summed E-state index contributed by atoms with van der Waals surface area (Å²) in [4.78, 5) is 2.08. The molecule has 1 atom stereocenters. The van der Waals surface area contributed by atoms with Gasteiger partial charge >= 0.3 is 0 Å². The quantitative estimate of drug-likeness (QED) is 0.889. The fourth-order valence-corrected chi connectivity index (χ4v) is 2.76. The van der Waals surface area contributed by atoms with E-state index in [1.54, 1.807) is 13.0 Å². The van der Waals surface area contributed by atoms with Gasteiger partial charge in [-0.25, -0.2) is 4.39 Å². The molecule has 0 saturated carbocycles. The topological polar surface area (TPSA) is 23.5 Å². The molecule has 0 radical (unpaired) electrons. The monoisotopic (exact) mass is 257 g/mol. The number of benzene rings is 2. The number of fused-ring (bicyclic) bond motifs is 1. The Balaban J connectivity index is 2.12. The van der Waals surface area contributed by atoms with Crippen molar-refractivity contribution in [1.29, 1.82) is 0 Å². The maximum atomic E-state index is 13.9.